The van der Waals surface area contributed by atoms with Crippen LogP contribution < -0.4 is 10.1 Å². The van der Waals surface area contributed by atoms with Gasteiger partial charge in [0, 0.05) is 12.6 Å². The highest BCUT2D eigenvalue weighted by atomic mass is 16.5. The largest absolute Gasteiger partial charge is 0.496 e. The summed E-state index contributed by atoms with van der Waals surface area (Å²) in [5.74, 6) is 1.38. The zero-order valence-corrected chi connectivity index (χ0v) is 16.4. The van der Waals surface area contributed by atoms with Gasteiger partial charge in [0.2, 0.25) is 5.91 Å². The van der Waals surface area contributed by atoms with Crippen LogP contribution in [0.2, 0.25) is 0 Å². The Hall–Kier alpha value is -2.83. The van der Waals surface area contributed by atoms with E-state index in [0.29, 0.717) is 35.4 Å². The van der Waals surface area contributed by atoms with Gasteiger partial charge in [-0.3, -0.25) is 9.59 Å². The Labute approximate surface area is 165 Å². The lowest BCUT2D eigenvalue weighted by Gasteiger charge is -2.29. The van der Waals surface area contributed by atoms with Crippen LogP contribution in [0.5, 0.6) is 5.75 Å². The van der Waals surface area contributed by atoms with E-state index in [9.17, 15) is 9.59 Å². The van der Waals surface area contributed by atoms with Crippen molar-refractivity contribution in [1.29, 1.82) is 0 Å². The minimum Gasteiger partial charge on any atom is -0.496 e. The topological polar surface area (TPSA) is 84.7 Å². The van der Waals surface area contributed by atoms with Crippen LogP contribution >= 0.6 is 0 Å². The van der Waals surface area contributed by atoms with E-state index in [-0.39, 0.29) is 18.4 Å². The van der Waals surface area contributed by atoms with E-state index >= 15 is 0 Å². The molecule has 0 bridgehead atoms. The van der Waals surface area contributed by atoms with Gasteiger partial charge in [0.15, 0.2) is 5.82 Å². The predicted octanol–water partition coefficient (Wildman–Crippen LogP) is 3.65. The molecule has 1 heterocycles. The fourth-order valence-corrected chi connectivity index (χ4v) is 3.67. The number of amides is 2. The number of hydrogen-bond acceptors (Lipinski definition) is 5. The molecule has 2 aromatic rings. The van der Waals surface area contributed by atoms with E-state index in [1.807, 2.05) is 6.07 Å². The van der Waals surface area contributed by atoms with Crippen molar-refractivity contribution in [2.75, 3.05) is 25.5 Å². The van der Waals surface area contributed by atoms with Gasteiger partial charge in [-0.1, -0.05) is 36.6 Å². The molecule has 1 saturated carbocycles. The standard InChI is InChI=1S/C21H27N3O4/c1-15-12-19(23-28-15)22-20(25)14-24(13-16-8-4-3-5-9-16)21(26)17-10-6-7-11-18(17)27-2/h6-7,10-12,16H,3-5,8-9,13-14H2,1-2H3,(H,22,23,25). The van der Waals surface area contributed by atoms with Gasteiger partial charge < -0.3 is 19.5 Å². The van der Waals surface area contributed by atoms with Crippen molar-refractivity contribution in [3.8, 4) is 5.75 Å². The van der Waals surface area contributed by atoms with Crippen LogP contribution in [0.4, 0.5) is 5.82 Å². The maximum absolute atomic E-state index is 13.2. The van der Waals surface area contributed by atoms with Gasteiger partial charge in [-0.2, -0.15) is 0 Å². The molecule has 1 N–H and O–H groups in total. The molecule has 150 valence electrons. The molecule has 2 amide bonds. The van der Waals surface area contributed by atoms with Crippen molar-refractivity contribution >= 4 is 17.6 Å². The number of aryl methyl sites for hydroxylation is 1. The first kappa shape index (κ1) is 19.9. The van der Waals surface area contributed by atoms with Crippen LogP contribution in [0.1, 0.15) is 48.2 Å². The average molecular weight is 385 g/mol. The summed E-state index contributed by atoms with van der Waals surface area (Å²) in [5, 5.41) is 6.48. The van der Waals surface area contributed by atoms with Gasteiger partial charge in [0.25, 0.3) is 5.91 Å². The molecule has 0 saturated heterocycles. The van der Waals surface area contributed by atoms with Gasteiger partial charge in [-0.25, -0.2) is 0 Å². The highest BCUT2D eigenvalue weighted by Crippen LogP contribution is 2.26. The lowest BCUT2D eigenvalue weighted by Crippen LogP contribution is -2.41. The quantitative estimate of drug-likeness (QED) is 0.786. The minimum atomic E-state index is -0.299. The minimum absolute atomic E-state index is 0.0424. The Morgan fingerprint density at radius 3 is 2.68 bits per heavy atom. The summed E-state index contributed by atoms with van der Waals surface area (Å²) in [4.78, 5) is 27.4. The molecular weight excluding hydrogens is 358 g/mol. The van der Waals surface area contributed by atoms with E-state index in [1.54, 1.807) is 36.1 Å². The number of carbonyl (C=O) groups excluding carboxylic acids is 2. The number of nitrogens with one attached hydrogen (secondary N) is 1. The third kappa shape index (κ3) is 5.12. The summed E-state index contributed by atoms with van der Waals surface area (Å²) in [6, 6.07) is 8.75. The van der Waals surface area contributed by atoms with Gasteiger partial charge in [0.05, 0.1) is 12.7 Å². The molecule has 3 rings (SSSR count). The van der Waals surface area contributed by atoms with E-state index in [0.717, 1.165) is 12.8 Å². The van der Waals surface area contributed by atoms with Crippen molar-refractivity contribution in [3.05, 3.63) is 41.7 Å². The van der Waals surface area contributed by atoms with Crippen molar-refractivity contribution < 1.29 is 18.8 Å². The number of para-hydroxylation sites is 1. The smallest absolute Gasteiger partial charge is 0.258 e. The number of nitrogens with zero attached hydrogens (tertiary/aromatic N) is 2. The zero-order chi connectivity index (χ0) is 19.9. The number of rotatable bonds is 7. The van der Waals surface area contributed by atoms with Crippen LogP contribution in [-0.2, 0) is 4.79 Å². The van der Waals surface area contributed by atoms with Crippen LogP contribution in [0.15, 0.2) is 34.9 Å². The van der Waals surface area contributed by atoms with Crippen molar-refractivity contribution in [1.82, 2.24) is 10.1 Å². The molecule has 7 heteroatoms. The molecule has 0 aliphatic heterocycles. The number of anilines is 1. The highest BCUT2D eigenvalue weighted by Gasteiger charge is 2.26. The lowest BCUT2D eigenvalue weighted by molar-refractivity contribution is -0.117. The monoisotopic (exact) mass is 385 g/mol. The average Bonchev–Trinajstić information content (AvgIpc) is 3.12. The van der Waals surface area contributed by atoms with Gasteiger partial charge in [-0.15, -0.1) is 0 Å². The molecule has 0 unspecified atom stereocenters. The van der Waals surface area contributed by atoms with Crippen molar-refractivity contribution in [2.45, 2.75) is 39.0 Å². The first-order chi connectivity index (χ1) is 13.6. The molecule has 1 aromatic heterocycles. The third-order valence-electron chi connectivity index (χ3n) is 5.06. The second-order valence-electron chi connectivity index (χ2n) is 7.26. The summed E-state index contributed by atoms with van der Waals surface area (Å²) in [5.41, 5.74) is 0.464. The number of hydrogen-bond donors (Lipinski definition) is 1. The summed E-state index contributed by atoms with van der Waals surface area (Å²) in [6.07, 6.45) is 5.75. The Kier molecular flexibility index (Phi) is 6.68. The maximum Gasteiger partial charge on any atom is 0.258 e. The molecule has 1 aromatic carbocycles. The van der Waals surface area contributed by atoms with Crippen LogP contribution in [-0.4, -0.2) is 42.1 Å². The Morgan fingerprint density at radius 2 is 2.00 bits per heavy atom. The van der Waals surface area contributed by atoms with E-state index < -0.39 is 0 Å². The van der Waals surface area contributed by atoms with E-state index in [1.165, 1.54) is 26.4 Å². The number of methoxy groups -OCH3 is 1. The zero-order valence-electron chi connectivity index (χ0n) is 16.4. The molecule has 1 aliphatic rings. The normalized spacial score (nSPS) is 14.5. The molecule has 28 heavy (non-hydrogen) atoms. The summed E-state index contributed by atoms with van der Waals surface area (Å²) >= 11 is 0. The first-order valence-electron chi connectivity index (χ1n) is 9.72. The second-order valence-corrected chi connectivity index (χ2v) is 7.26. The molecule has 0 atom stereocenters. The fraction of sp³-hybridized carbons (Fsp3) is 0.476. The van der Waals surface area contributed by atoms with Crippen molar-refractivity contribution in [3.63, 3.8) is 0 Å². The third-order valence-corrected chi connectivity index (χ3v) is 5.06. The van der Waals surface area contributed by atoms with Crippen LogP contribution in [0, 0.1) is 12.8 Å². The van der Waals surface area contributed by atoms with E-state index in [4.69, 9.17) is 9.26 Å². The van der Waals surface area contributed by atoms with Crippen molar-refractivity contribution in [2.24, 2.45) is 5.92 Å². The summed E-state index contributed by atoms with van der Waals surface area (Å²) in [7, 11) is 1.54. The summed E-state index contributed by atoms with van der Waals surface area (Å²) in [6.45, 7) is 2.27. The van der Waals surface area contributed by atoms with Gasteiger partial charge in [0.1, 0.15) is 18.1 Å². The molecule has 0 spiro atoms. The van der Waals surface area contributed by atoms with Crippen LogP contribution in [0.3, 0.4) is 0 Å². The van der Waals surface area contributed by atoms with Gasteiger partial charge in [-0.05, 0) is 37.8 Å². The Bertz CT molecular complexity index is 811. The number of benzene rings is 1. The molecule has 1 aliphatic carbocycles. The highest BCUT2D eigenvalue weighted by molar-refractivity contribution is 6.00. The SMILES string of the molecule is COc1ccccc1C(=O)N(CC(=O)Nc1cc(C)on1)CC1CCCCC1. The Morgan fingerprint density at radius 1 is 1.25 bits per heavy atom. The van der Waals surface area contributed by atoms with Gasteiger partial charge >= 0.3 is 0 Å². The Balaban J connectivity index is 1.75. The maximum atomic E-state index is 13.2. The van der Waals surface area contributed by atoms with Crippen LogP contribution in [0.25, 0.3) is 0 Å². The first-order valence-corrected chi connectivity index (χ1v) is 9.72. The predicted molar refractivity (Wildman–Crippen MR) is 105 cm³/mol. The lowest BCUT2D eigenvalue weighted by atomic mass is 9.89. The number of aromatic nitrogens is 1. The summed E-state index contributed by atoms with van der Waals surface area (Å²) < 4.78 is 10.3. The second kappa shape index (κ2) is 9.39. The number of ether oxygens (including phenoxy) is 1. The molecule has 7 nitrogen and oxygen atoms in total. The molecule has 1 fully saturated rings. The molecular formula is C21H27N3O4. The molecule has 0 radical (unpaired) electrons. The fourth-order valence-electron chi connectivity index (χ4n) is 3.67. The number of carbonyl (C=O) groups is 2. The van der Waals surface area contributed by atoms with E-state index in [2.05, 4.69) is 10.5 Å².